The summed E-state index contributed by atoms with van der Waals surface area (Å²) in [6.45, 7) is 0. The number of rotatable bonds is 5. The van der Waals surface area contributed by atoms with Gasteiger partial charge in [-0.2, -0.15) is 10.2 Å². The van der Waals surface area contributed by atoms with Crippen molar-refractivity contribution >= 4 is 23.2 Å². The van der Waals surface area contributed by atoms with Crippen molar-refractivity contribution in [2.24, 2.45) is 10.2 Å². The fraction of sp³-hybridized carbons (Fsp3) is 0.857. The van der Waals surface area contributed by atoms with Crippen molar-refractivity contribution in [2.45, 2.75) is 154 Å². The second kappa shape index (κ2) is 19.6. The van der Waals surface area contributed by atoms with E-state index in [1.165, 1.54) is 89.9 Å². The first-order valence-electron chi connectivity index (χ1n) is 14.4. The van der Waals surface area contributed by atoms with Gasteiger partial charge in [0, 0.05) is 24.3 Å². The molecule has 2 fully saturated rings. The maximum absolute atomic E-state index is 12.3. The van der Waals surface area contributed by atoms with Crippen LogP contribution in [0, 0.1) is 0 Å². The Labute approximate surface area is 208 Å². The number of nitrogens with one attached hydrogen (secondary N) is 2. The summed E-state index contributed by atoms with van der Waals surface area (Å²) < 4.78 is 0. The second-order valence-electron chi connectivity index (χ2n) is 10.3. The molecule has 6 nitrogen and oxygen atoms in total. The lowest BCUT2D eigenvalue weighted by molar-refractivity contribution is -0.126. The minimum absolute atomic E-state index is 0.146. The highest BCUT2D eigenvalue weighted by Crippen LogP contribution is 2.16. The third-order valence-electron chi connectivity index (χ3n) is 7.12. The molecule has 0 unspecified atom stereocenters. The minimum atomic E-state index is -0.188. The number of hydrazone groups is 2. The van der Waals surface area contributed by atoms with E-state index < -0.39 is 0 Å². The standard InChI is InChI=1S/C28H50N4O2/c33-27(31-29-25-19-15-11-7-3-1-4-8-12-16-20-25)23-24-28(34)32-30-26-21-17-13-9-5-2-6-10-14-18-22-26/h1-24H2,(H,31,33)(H,32,34). The molecule has 2 saturated carbocycles. The summed E-state index contributed by atoms with van der Waals surface area (Å²) in [5, 5.41) is 8.83. The molecule has 2 aliphatic carbocycles. The van der Waals surface area contributed by atoms with E-state index in [1.54, 1.807) is 0 Å². The van der Waals surface area contributed by atoms with Gasteiger partial charge in [0.05, 0.1) is 0 Å². The predicted molar refractivity (Wildman–Crippen MR) is 142 cm³/mol. The molecule has 0 saturated heterocycles. The third kappa shape index (κ3) is 15.2. The Morgan fingerprint density at radius 3 is 0.941 bits per heavy atom. The van der Waals surface area contributed by atoms with Crippen LogP contribution in [0.25, 0.3) is 0 Å². The smallest absolute Gasteiger partial charge is 0.240 e. The van der Waals surface area contributed by atoms with Crippen molar-refractivity contribution < 1.29 is 9.59 Å². The molecule has 0 aliphatic heterocycles. The van der Waals surface area contributed by atoms with E-state index in [-0.39, 0.29) is 24.7 Å². The van der Waals surface area contributed by atoms with Crippen molar-refractivity contribution in [1.82, 2.24) is 10.9 Å². The molecule has 0 heterocycles. The van der Waals surface area contributed by atoms with Gasteiger partial charge in [-0.05, 0) is 51.4 Å². The fourth-order valence-corrected chi connectivity index (χ4v) is 4.89. The van der Waals surface area contributed by atoms with E-state index in [4.69, 9.17) is 0 Å². The molecule has 0 radical (unpaired) electrons. The third-order valence-corrected chi connectivity index (χ3v) is 7.12. The van der Waals surface area contributed by atoms with Crippen molar-refractivity contribution in [3.8, 4) is 0 Å². The predicted octanol–water partition coefficient (Wildman–Crippen LogP) is 7.32. The zero-order valence-electron chi connectivity index (χ0n) is 21.7. The van der Waals surface area contributed by atoms with E-state index >= 15 is 0 Å². The maximum Gasteiger partial charge on any atom is 0.240 e. The van der Waals surface area contributed by atoms with Gasteiger partial charge in [0.2, 0.25) is 11.8 Å². The quantitative estimate of drug-likeness (QED) is 0.409. The number of hydrogen-bond donors (Lipinski definition) is 2. The zero-order chi connectivity index (χ0) is 24.1. The Hall–Kier alpha value is -1.72. The van der Waals surface area contributed by atoms with Crippen LogP contribution in [0.5, 0.6) is 0 Å². The summed E-state index contributed by atoms with van der Waals surface area (Å²) in [6.07, 6.45) is 27.1. The SMILES string of the molecule is O=C(CCC(=O)NN=C1CCCCCCCCCCC1)NN=C1CCCCCCCCCCC1. The molecule has 34 heavy (non-hydrogen) atoms. The van der Waals surface area contributed by atoms with Crippen LogP contribution < -0.4 is 10.9 Å². The first-order valence-corrected chi connectivity index (χ1v) is 14.4. The van der Waals surface area contributed by atoms with Gasteiger partial charge in [-0.1, -0.05) is 89.9 Å². The summed E-state index contributed by atoms with van der Waals surface area (Å²) in [5.74, 6) is -0.375. The van der Waals surface area contributed by atoms with Gasteiger partial charge in [0.1, 0.15) is 0 Å². The number of carbonyl (C=O) groups excluding carboxylic acids is 2. The molecule has 0 aromatic heterocycles. The molecule has 2 amide bonds. The first-order chi connectivity index (χ1) is 16.7. The molecule has 0 atom stereocenters. The Morgan fingerprint density at radius 2 is 0.676 bits per heavy atom. The van der Waals surface area contributed by atoms with Crippen molar-refractivity contribution in [2.75, 3.05) is 0 Å². The van der Waals surface area contributed by atoms with E-state index in [1.807, 2.05) is 0 Å². The van der Waals surface area contributed by atoms with Crippen LogP contribution in [0.3, 0.4) is 0 Å². The van der Waals surface area contributed by atoms with Gasteiger partial charge < -0.3 is 0 Å². The zero-order valence-corrected chi connectivity index (χ0v) is 21.7. The fourth-order valence-electron chi connectivity index (χ4n) is 4.89. The monoisotopic (exact) mass is 474 g/mol. The van der Waals surface area contributed by atoms with Crippen LogP contribution in [0.15, 0.2) is 10.2 Å². The molecule has 2 aliphatic rings. The van der Waals surface area contributed by atoms with Crippen LogP contribution in [-0.4, -0.2) is 23.2 Å². The van der Waals surface area contributed by atoms with E-state index in [0.29, 0.717) is 0 Å². The van der Waals surface area contributed by atoms with Crippen LogP contribution >= 0.6 is 0 Å². The number of carbonyl (C=O) groups is 2. The summed E-state index contributed by atoms with van der Waals surface area (Å²) in [4.78, 5) is 24.5. The Morgan fingerprint density at radius 1 is 0.441 bits per heavy atom. The highest BCUT2D eigenvalue weighted by atomic mass is 16.2. The molecule has 194 valence electrons. The van der Waals surface area contributed by atoms with Crippen molar-refractivity contribution in [1.29, 1.82) is 0 Å². The van der Waals surface area contributed by atoms with Crippen molar-refractivity contribution in [3.63, 3.8) is 0 Å². The van der Waals surface area contributed by atoms with Crippen LogP contribution in [-0.2, 0) is 9.59 Å². The minimum Gasteiger partial charge on any atom is -0.273 e. The first kappa shape index (κ1) is 28.5. The highest BCUT2D eigenvalue weighted by molar-refractivity contribution is 5.89. The van der Waals surface area contributed by atoms with Crippen LogP contribution in [0.4, 0.5) is 0 Å². The average molecular weight is 475 g/mol. The highest BCUT2D eigenvalue weighted by Gasteiger charge is 2.09. The largest absolute Gasteiger partial charge is 0.273 e. The van der Waals surface area contributed by atoms with Gasteiger partial charge in [0.15, 0.2) is 0 Å². The molecule has 6 heteroatoms. The molecule has 0 bridgehead atoms. The Balaban J connectivity index is 1.69. The average Bonchev–Trinajstić information content (AvgIpc) is 2.82. The number of nitrogens with zero attached hydrogens (tertiary/aromatic N) is 2. The lowest BCUT2D eigenvalue weighted by Crippen LogP contribution is -2.24. The summed E-state index contributed by atoms with van der Waals surface area (Å²) in [7, 11) is 0. The van der Waals surface area contributed by atoms with Gasteiger partial charge in [0.25, 0.3) is 0 Å². The molecular weight excluding hydrogens is 424 g/mol. The molecule has 0 aromatic rings. The molecule has 0 spiro atoms. The molecule has 2 rings (SSSR count). The lowest BCUT2D eigenvalue weighted by atomic mass is 10.00. The Kier molecular flexibility index (Phi) is 16.4. The van der Waals surface area contributed by atoms with Gasteiger partial charge in [-0.3, -0.25) is 9.59 Å². The summed E-state index contributed by atoms with van der Waals surface area (Å²) in [6, 6.07) is 0. The lowest BCUT2D eigenvalue weighted by Gasteiger charge is -2.10. The van der Waals surface area contributed by atoms with Gasteiger partial charge in [-0.15, -0.1) is 0 Å². The molecular formula is C28H50N4O2. The topological polar surface area (TPSA) is 82.9 Å². The molecule has 0 aromatic carbocycles. The van der Waals surface area contributed by atoms with E-state index in [0.717, 1.165) is 62.8 Å². The number of amides is 2. The molecule has 2 N–H and O–H groups in total. The van der Waals surface area contributed by atoms with Crippen LogP contribution in [0.2, 0.25) is 0 Å². The van der Waals surface area contributed by atoms with E-state index in [9.17, 15) is 9.59 Å². The normalized spacial score (nSPS) is 20.5. The van der Waals surface area contributed by atoms with Gasteiger partial charge >= 0.3 is 0 Å². The number of hydrogen-bond acceptors (Lipinski definition) is 4. The summed E-state index contributed by atoms with van der Waals surface area (Å²) in [5.41, 5.74) is 7.60. The van der Waals surface area contributed by atoms with Crippen molar-refractivity contribution in [3.05, 3.63) is 0 Å². The van der Waals surface area contributed by atoms with Crippen LogP contribution in [0.1, 0.15) is 154 Å². The Bertz CT molecular complexity index is 548. The second-order valence-corrected chi connectivity index (χ2v) is 10.3. The van der Waals surface area contributed by atoms with Gasteiger partial charge in [-0.25, -0.2) is 10.9 Å². The van der Waals surface area contributed by atoms with E-state index in [2.05, 4.69) is 21.1 Å². The maximum atomic E-state index is 12.3. The summed E-state index contributed by atoms with van der Waals surface area (Å²) >= 11 is 0.